The number of allylic oxidation sites excluding steroid dienone is 1. The van der Waals surface area contributed by atoms with E-state index >= 15 is 0 Å². The fourth-order valence-corrected chi connectivity index (χ4v) is 5.19. The highest BCUT2D eigenvalue weighted by molar-refractivity contribution is 8.22. The largest absolute Gasteiger partial charge is 0.426 e. The summed E-state index contributed by atoms with van der Waals surface area (Å²) in [5.41, 5.74) is 0.290. The average molecular weight is 354 g/mol. The molecule has 1 fully saturated rings. The molecule has 4 nitrogen and oxygen atoms in total. The maximum absolute atomic E-state index is 13.0. The summed E-state index contributed by atoms with van der Waals surface area (Å²) in [4.78, 5) is 26.2. The van der Waals surface area contributed by atoms with E-state index in [4.69, 9.17) is 4.74 Å². The Morgan fingerprint density at radius 2 is 1.83 bits per heavy atom. The average Bonchev–Trinajstić information content (AvgIpc) is 2.96. The Bertz CT molecular complexity index is 522. The van der Waals surface area contributed by atoms with E-state index in [1.165, 1.54) is 0 Å². The van der Waals surface area contributed by atoms with E-state index in [1.54, 1.807) is 47.5 Å². The monoisotopic (exact) mass is 353 g/mol. The molecular weight excluding hydrogens is 330 g/mol. The van der Waals surface area contributed by atoms with Gasteiger partial charge in [0.2, 0.25) is 5.91 Å². The Morgan fingerprint density at radius 3 is 2.30 bits per heavy atom. The Hall–Kier alpha value is -1.40. The van der Waals surface area contributed by atoms with Gasteiger partial charge in [-0.25, -0.2) is 4.79 Å². The molecule has 126 valence electrons. The van der Waals surface area contributed by atoms with Crippen LogP contribution in [-0.4, -0.2) is 45.5 Å². The number of ether oxygens (including phenoxy) is 1. The molecule has 0 aromatic heterocycles. The molecule has 23 heavy (non-hydrogen) atoms. The summed E-state index contributed by atoms with van der Waals surface area (Å²) >= 11 is 3.27. The molecule has 1 aliphatic heterocycles. The van der Waals surface area contributed by atoms with Crippen molar-refractivity contribution in [2.24, 2.45) is 0 Å². The van der Waals surface area contributed by atoms with Gasteiger partial charge < -0.3 is 9.64 Å². The van der Waals surface area contributed by atoms with E-state index in [1.807, 2.05) is 0 Å². The predicted octanol–water partition coefficient (Wildman–Crippen LogP) is 3.39. The number of carbonyl (C=O) groups is 2. The first-order valence-corrected chi connectivity index (χ1v) is 9.18. The van der Waals surface area contributed by atoms with Crippen molar-refractivity contribution in [1.29, 1.82) is 0 Å². The van der Waals surface area contributed by atoms with Crippen LogP contribution in [0.25, 0.3) is 0 Å². The lowest BCUT2D eigenvalue weighted by molar-refractivity contribution is -0.137. The second-order valence-corrected chi connectivity index (χ2v) is 8.17. The van der Waals surface area contributed by atoms with Gasteiger partial charge in [0.05, 0.1) is 6.54 Å². The number of esters is 1. The van der Waals surface area contributed by atoms with Crippen LogP contribution >= 0.6 is 23.5 Å². The Kier molecular flexibility index (Phi) is 7.72. The summed E-state index contributed by atoms with van der Waals surface area (Å²) in [7, 11) is 0. The molecule has 0 saturated carbocycles. The molecule has 6 heteroatoms. The van der Waals surface area contributed by atoms with Gasteiger partial charge in [-0.05, 0) is 13.3 Å². The van der Waals surface area contributed by atoms with E-state index in [-0.39, 0.29) is 23.8 Å². The summed E-state index contributed by atoms with van der Waals surface area (Å²) in [6, 6.07) is 0. The van der Waals surface area contributed by atoms with Crippen LogP contribution in [0, 0.1) is 0 Å². The molecular formula is C17H23NO3S2. The number of hydrogen-bond acceptors (Lipinski definition) is 5. The minimum Gasteiger partial charge on any atom is -0.426 e. The van der Waals surface area contributed by atoms with Gasteiger partial charge in [-0.15, -0.1) is 36.7 Å². The third kappa shape index (κ3) is 5.32. The van der Waals surface area contributed by atoms with Crippen molar-refractivity contribution < 1.29 is 14.3 Å². The number of thioether (sulfide) groups is 2. The van der Waals surface area contributed by atoms with Gasteiger partial charge in [0, 0.05) is 23.6 Å². The summed E-state index contributed by atoms with van der Waals surface area (Å²) < 4.78 is 4.55. The van der Waals surface area contributed by atoms with Crippen LogP contribution in [0.15, 0.2) is 49.8 Å². The fourth-order valence-electron chi connectivity index (χ4n) is 2.05. The molecule has 1 aliphatic rings. The van der Waals surface area contributed by atoms with E-state index in [0.717, 1.165) is 11.5 Å². The molecule has 1 amide bonds. The van der Waals surface area contributed by atoms with E-state index in [0.29, 0.717) is 13.0 Å². The Morgan fingerprint density at radius 1 is 1.22 bits per heavy atom. The minimum absolute atomic E-state index is 0.0164. The number of hydrogen-bond donors (Lipinski definition) is 0. The fraction of sp³-hybridized carbons (Fsp3) is 0.412. The summed E-state index contributed by atoms with van der Waals surface area (Å²) in [6.07, 6.45) is 4.01. The highest BCUT2D eigenvalue weighted by Gasteiger charge is 2.44. The van der Waals surface area contributed by atoms with Gasteiger partial charge in [0.25, 0.3) is 0 Å². The molecule has 0 N–H and O–H groups in total. The molecule has 0 unspecified atom stereocenters. The van der Waals surface area contributed by atoms with Crippen molar-refractivity contribution in [3.8, 4) is 0 Å². The van der Waals surface area contributed by atoms with Gasteiger partial charge >= 0.3 is 5.97 Å². The van der Waals surface area contributed by atoms with Crippen molar-refractivity contribution >= 4 is 35.4 Å². The third-order valence-electron chi connectivity index (χ3n) is 3.08. The predicted molar refractivity (Wildman–Crippen MR) is 99.3 cm³/mol. The second-order valence-electron chi connectivity index (χ2n) is 5.13. The highest BCUT2D eigenvalue weighted by Crippen LogP contribution is 2.48. The number of nitrogens with zero attached hydrogens (tertiary/aromatic N) is 1. The van der Waals surface area contributed by atoms with Crippen molar-refractivity contribution in [3.63, 3.8) is 0 Å². The first-order valence-electron chi connectivity index (χ1n) is 7.21. The summed E-state index contributed by atoms with van der Waals surface area (Å²) in [6.45, 7) is 16.8. The molecule has 1 rings (SSSR count). The third-order valence-corrected chi connectivity index (χ3v) is 6.48. The summed E-state index contributed by atoms with van der Waals surface area (Å²) in [5.74, 6) is 1.52. The molecule has 0 atom stereocenters. The van der Waals surface area contributed by atoms with Gasteiger partial charge in [0.1, 0.15) is 9.84 Å². The van der Waals surface area contributed by atoms with Gasteiger partial charge in [-0.3, -0.25) is 4.79 Å². The van der Waals surface area contributed by atoms with Crippen molar-refractivity contribution in [2.75, 3.05) is 24.6 Å². The number of rotatable bonds is 9. The molecule has 0 radical (unpaired) electrons. The smallest absolute Gasteiger partial charge is 0.338 e. The molecule has 0 aromatic rings. The van der Waals surface area contributed by atoms with Crippen LogP contribution in [0.2, 0.25) is 0 Å². The molecule has 0 spiro atoms. The Balaban J connectivity index is 2.83. The maximum atomic E-state index is 13.0. The lowest BCUT2D eigenvalue weighted by Gasteiger charge is -2.32. The SMILES string of the molecule is C=CCN(CC(=C)OC(=O)C(=C)C)C(=O)C1(CC=C)SCCS1. The van der Waals surface area contributed by atoms with Crippen molar-refractivity contribution in [2.45, 2.75) is 17.4 Å². The van der Waals surface area contributed by atoms with Crippen molar-refractivity contribution in [3.05, 3.63) is 49.8 Å². The normalized spacial score (nSPS) is 15.5. The first-order chi connectivity index (χ1) is 10.9. The number of amides is 1. The Labute approximate surface area is 146 Å². The number of carbonyl (C=O) groups excluding carboxylic acids is 2. The van der Waals surface area contributed by atoms with E-state index in [9.17, 15) is 9.59 Å². The van der Waals surface area contributed by atoms with Gasteiger partial charge in [0.15, 0.2) is 0 Å². The quantitative estimate of drug-likeness (QED) is 0.275. The molecule has 1 heterocycles. The van der Waals surface area contributed by atoms with Gasteiger partial charge in [-0.2, -0.15) is 0 Å². The lowest BCUT2D eigenvalue weighted by atomic mass is 10.2. The van der Waals surface area contributed by atoms with Crippen LogP contribution in [0.3, 0.4) is 0 Å². The molecule has 0 bridgehead atoms. The zero-order chi connectivity index (χ0) is 17.5. The molecule has 0 aliphatic carbocycles. The minimum atomic E-state index is -0.552. The zero-order valence-corrected chi connectivity index (χ0v) is 15.1. The maximum Gasteiger partial charge on any atom is 0.338 e. The van der Waals surface area contributed by atoms with E-state index < -0.39 is 10.0 Å². The zero-order valence-electron chi connectivity index (χ0n) is 13.5. The summed E-state index contributed by atoms with van der Waals surface area (Å²) in [5, 5.41) is 0. The second kappa shape index (κ2) is 9.03. The highest BCUT2D eigenvalue weighted by atomic mass is 32.2. The van der Waals surface area contributed by atoms with Crippen LogP contribution in [0.1, 0.15) is 13.3 Å². The lowest BCUT2D eigenvalue weighted by Crippen LogP contribution is -2.45. The van der Waals surface area contributed by atoms with Crippen molar-refractivity contribution in [1.82, 2.24) is 4.90 Å². The molecule has 0 aromatic carbocycles. The standard InChI is InChI=1S/C17H23NO3S2/c1-6-8-17(22-10-11-23-17)16(20)18(9-7-2)12-14(5)21-15(19)13(3)4/h6-7H,1-3,5,8-12H2,4H3. The first kappa shape index (κ1) is 19.6. The van der Waals surface area contributed by atoms with Crippen LogP contribution in [0.4, 0.5) is 0 Å². The van der Waals surface area contributed by atoms with E-state index in [2.05, 4.69) is 26.3 Å². The van der Waals surface area contributed by atoms with Crippen LogP contribution in [-0.2, 0) is 14.3 Å². The van der Waals surface area contributed by atoms with Crippen LogP contribution in [0.5, 0.6) is 0 Å². The van der Waals surface area contributed by atoms with Crippen LogP contribution < -0.4 is 0 Å². The topological polar surface area (TPSA) is 46.6 Å². The molecule has 1 saturated heterocycles. The van der Waals surface area contributed by atoms with Gasteiger partial charge in [-0.1, -0.05) is 25.3 Å².